The Morgan fingerprint density at radius 3 is 2.80 bits per heavy atom. The number of carbonyl (C=O) groups is 1. The maximum absolute atomic E-state index is 11.3. The highest BCUT2D eigenvalue weighted by Gasteiger charge is 2.66. The normalized spacial score (nSPS) is 31.3. The molecule has 0 saturated heterocycles. The third-order valence-corrected chi connectivity index (χ3v) is 3.88. The molecule has 1 saturated carbocycles. The van der Waals surface area contributed by atoms with Crippen molar-refractivity contribution in [2.75, 3.05) is 0 Å². The Morgan fingerprint density at radius 2 is 2.20 bits per heavy atom. The zero-order valence-electron chi connectivity index (χ0n) is 8.16. The lowest BCUT2D eigenvalue weighted by molar-refractivity contribution is -0.171. The molecule has 1 fully saturated rings. The second-order valence-electron chi connectivity index (χ2n) is 4.57. The van der Waals surface area contributed by atoms with Gasteiger partial charge in [0.25, 0.3) is 0 Å². The van der Waals surface area contributed by atoms with Crippen LogP contribution in [0, 0.1) is 5.41 Å². The van der Waals surface area contributed by atoms with E-state index in [4.69, 9.17) is 0 Å². The van der Waals surface area contributed by atoms with E-state index in [2.05, 4.69) is 10.2 Å². The van der Waals surface area contributed by atoms with E-state index in [1.54, 1.807) is 6.20 Å². The van der Waals surface area contributed by atoms with Crippen molar-refractivity contribution in [3.63, 3.8) is 0 Å². The highest BCUT2D eigenvalue weighted by molar-refractivity contribution is 5.81. The van der Waals surface area contributed by atoms with Gasteiger partial charge in [0, 0.05) is 5.41 Å². The number of nitrogens with one attached hydrogen (secondary N) is 1. The lowest BCUT2D eigenvalue weighted by Gasteiger charge is -2.36. The fourth-order valence-electron chi connectivity index (χ4n) is 2.73. The van der Waals surface area contributed by atoms with Crippen molar-refractivity contribution in [2.24, 2.45) is 5.41 Å². The monoisotopic (exact) mass is 208 g/mol. The molecule has 0 aliphatic heterocycles. The van der Waals surface area contributed by atoms with E-state index in [0.29, 0.717) is 5.69 Å². The maximum atomic E-state index is 11.3. The van der Waals surface area contributed by atoms with Gasteiger partial charge in [-0.05, 0) is 31.2 Å². The minimum Gasteiger partial charge on any atom is -0.479 e. The average Bonchev–Trinajstić information content (AvgIpc) is 2.82. The number of aromatic nitrogens is 2. The summed E-state index contributed by atoms with van der Waals surface area (Å²) in [5, 5.41) is 26.1. The average molecular weight is 208 g/mol. The van der Waals surface area contributed by atoms with Gasteiger partial charge in [-0.25, -0.2) is 4.79 Å². The molecule has 5 nitrogen and oxygen atoms in total. The van der Waals surface area contributed by atoms with Crippen LogP contribution >= 0.6 is 0 Å². The van der Waals surface area contributed by atoms with Gasteiger partial charge in [0.2, 0.25) is 5.60 Å². The molecule has 1 unspecified atom stereocenters. The molecule has 15 heavy (non-hydrogen) atoms. The predicted molar refractivity (Wildman–Crippen MR) is 50.1 cm³/mol. The molecule has 1 atom stereocenters. The Bertz CT molecular complexity index is 436. The molecule has 1 heterocycles. The molecule has 5 heteroatoms. The fraction of sp³-hybridized carbons (Fsp3) is 0.600. The summed E-state index contributed by atoms with van der Waals surface area (Å²) in [7, 11) is 0. The number of carboxylic acids is 1. The number of aliphatic carboxylic acids is 1. The molecule has 0 radical (unpaired) electrons. The molecule has 2 aliphatic rings. The number of aryl methyl sites for hydroxylation is 1. The van der Waals surface area contributed by atoms with E-state index in [1.807, 2.05) is 0 Å². The standard InChI is InChI=1S/C10H12N2O3/c13-8(14)10(15)7-6(5-11-12-7)1-2-9(10)3-4-9/h5,15H,1-4H2,(H,11,12)(H,13,14). The molecule has 1 aromatic rings. The first-order chi connectivity index (χ1) is 7.10. The van der Waals surface area contributed by atoms with Crippen molar-refractivity contribution in [1.82, 2.24) is 10.2 Å². The molecule has 3 N–H and O–H groups in total. The summed E-state index contributed by atoms with van der Waals surface area (Å²) in [5.41, 5.74) is -0.980. The molecule has 1 aromatic heterocycles. The number of hydrogen-bond acceptors (Lipinski definition) is 3. The molecule has 2 aliphatic carbocycles. The Hall–Kier alpha value is -1.36. The van der Waals surface area contributed by atoms with Gasteiger partial charge in [-0.3, -0.25) is 5.10 Å². The smallest absolute Gasteiger partial charge is 0.342 e. The summed E-state index contributed by atoms with van der Waals surface area (Å²) < 4.78 is 0. The number of nitrogens with zero attached hydrogens (tertiary/aromatic N) is 1. The van der Waals surface area contributed by atoms with Crippen LogP contribution in [0.25, 0.3) is 0 Å². The Morgan fingerprint density at radius 1 is 1.47 bits per heavy atom. The van der Waals surface area contributed by atoms with Crippen molar-refractivity contribution in [2.45, 2.75) is 31.3 Å². The van der Waals surface area contributed by atoms with Gasteiger partial charge in [-0.1, -0.05) is 0 Å². The molecule has 0 bridgehead atoms. The van der Waals surface area contributed by atoms with Crippen LogP contribution in [0.4, 0.5) is 0 Å². The van der Waals surface area contributed by atoms with E-state index in [-0.39, 0.29) is 0 Å². The van der Waals surface area contributed by atoms with Crippen LogP contribution in [0.3, 0.4) is 0 Å². The van der Waals surface area contributed by atoms with Gasteiger partial charge in [0.15, 0.2) is 0 Å². The second kappa shape index (κ2) is 2.41. The lowest BCUT2D eigenvalue weighted by Crippen LogP contribution is -2.48. The first-order valence-electron chi connectivity index (χ1n) is 5.09. The van der Waals surface area contributed by atoms with Crippen molar-refractivity contribution in [3.8, 4) is 0 Å². The first-order valence-corrected chi connectivity index (χ1v) is 5.09. The largest absolute Gasteiger partial charge is 0.479 e. The first kappa shape index (κ1) is 8.91. The molecule has 0 aromatic carbocycles. The van der Waals surface area contributed by atoms with Gasteiger partial charge in [-0.15, -0.1) is 0 Å². The van der Waals surface area contributed by atoms with Crippen LogP contribution in [0.15, 0.2) is 6.20 Å². The van der Waals surface area contributed by atoms with Crippen molar-refractivity contribution in [3.05, 3.63) is 17.5 Å². The van der Waals surface area contributed by atoms with E-state index in [9.17, 15) is 15.0 Å². The predicted octanol–water partition coefficient (Wildman–Crippen LogP) is 0.408. The second-order valence-corrected chi connectivity index (χ2v) is 4.57. The van der Waals surface area contributed by atoms with Crippen LogP contribution in [0.2, 0.25) is 0 Å². The Labute approximate surface area is 86.1 Å². The lowest BCUT2D eigenvalue weighted by atomic mass is 9.72. The van der Waals surface area contributed by atoms with E-state index < -0.39 is 17.0 Å². The Kier molecular flexibility index (Phi) is 1.43. The minimum atomic E-state index is -1.75. The van der Waals surface area contributed by atoms with Gasteiger partial charge in [-0.2, -0.15) is 5.10 Å². The zero-order chi connectivity index (χ0) is 10.7. The summed E-state index contributed by atoms with van der Waals surface area (Å²) in [6.07, 6.45) is 4.73. The van der Waals surface area contributed by atoms with E-state index >= 15 is 0 Å². The van der Waals surface area contributed by atoms with Gasteiger partial charge in [0.05, 0.1) is 11.9 Å². The van der Waals surface area contributed by atoms with Crippen LogP contribution in [-0.4, -0.2) is 26.4 Å². The van der Waals surface area contributed by atoms with Crippen molar-refractivity contribution in [1.29, 1.82) is 0 Å². The quantitative estimate of drug-likeness (QED) is 0.623. The third-order valence-electron chi connectivity index (χ3n) is 3.88. The minimum absolute atomic E-state index is 0.388. The number of aliphatic hydroxyl groups is 1. The van der Waals surface area contributed by atoms with Crippen LogP contribution in [0.1, 0.15) is 30.5 Å². The van der Waals surface area contributed by atoms with Gasteiger partial charge >= 0.3 is 5.97 Å². The van der Waals surface area contributed by atoms with Crippen LogP contribution < -0.4 is 0 Å². The van der Waals surface area contributed by atoms with E-state index in [1.165, 1.54) is 0 Å². The van der Waals surface area contributed by atoms with Crippen molar-refractivity contribution >= 4 is 5.97 Å². The van der Waals surface area contributed by atoms with Crippen molar-refractivity contribution < 1.29 is 15.0 Å². The van der Waals surface area contributed by atoms with Crippen LogP contribution in [-0.2, 0) is 16.8 Å². The van der Waals surface area contributed by atoms with Gasteiger partial charge in [0.1, 0.15) is 0 Å². The highest BCUT2D eigenvalue weighted by atomic mass is 16.4. The number of hydrogen-bond donors (Lipinski definition) is 3. The molecule has 3 rings (SSSR count). The number of carboxylic acid groups (broad SMARTS) is 1. The zero-order valence-corrected chi connectivity index (χ0v) is 8.16. The number of H-pyrrole nitrogens is 1. The highest BCUT2D eigenvalue weighted by Crippen LogP contribution is 2.63. The summed E-state index contributed by atoms with van der Waals surface area (Å²) in [6, 6.07) is 0. The molecule has 0 amide bonds. The topological polar surface area (TPSA) is 86.2 Å². The Balaban J connectivity index is 2.21. The number of aromatic amines is 1. The number of rotatable bonds is 1. The van der Waals surface area contributed by atoms with Crippen LogP contribution in [0.5, 0.6) is 0 Å². The summed E-state index contributed by atoms with van der Waals surface area (Å²) in [6.45, 7) is 0. The molecule has 80 valence electrons. The third kappa shape index (κ3) is 0.866. The maximum Gasteiger partial charge on any atom is 0.342 e. The SMILES string of the molecule is O=C(O)C1(O)c2[nH]ncc2CCC12CC2. The fourth-order valence-corrected chi connectivity index (χ4v) is 2.73. The number of fused-ring (bicyclic) bond motifs is 1. The molecular weight excluding hydrogens is 196 g/mol. The van der Waals surface area contributed by atoms with E-state index in [0.717, 1.165) is 31.2 Å². The molecule has 1 spiro atoms. The van der Waals surface area contributed by atoms with Gasteiger partial charge < -0.3 is 10.2 Å². The summed E-state index contributed by atoms with van der Waals surface area (Å²) in [5.74, 6) is -1.16. The molecular formula is C10H12N2O3. The summed E-state index contributed by atoms with van der Waals surface area (Å²) in [4.78, 5) is 11.3. The summed E-state index contributed by atoms with van der Waals surface area (Å²) >= 11 is 0.